The van der Waals surface area contributed by atoms with Crippen molar-refractivity contribution >= 4 is 34.3 Å². The molecular formula is C22H21IN4O2. The molecule has 3 aromatic rings. The van der Waals surface area contributed by atoms with Gasteiger partial charge in [-0.3, -0.25) is 4.79 Å². The second-order valence-electron chi connectivity index (χ2n) is 6.77. The summed E-state index contributed by atoms with van der Waals surface area (Å²) in [6, 6.07) is 19.4. The summed E-state index contributed by atoms with van der Waals surface area (Å²) in [7, 11) is 1.65. The Kier molecular flexibility index (Phi) is 5.94. The van der Waals surface area contributed by atoms with Crippen LogP contribution in [0.4, 0.5) is 5.82 Å². The number of amides is 1. The molecule has 0 atom stereocenters. The van der Waals surface area contributed by atoms with Crippen LogP contribution in [0.15, 0.2) is 60.7 Å². The maximum absolute atomic E-state index is 12.8. The van der Waals surface area contributed by atoms with Gasteiger partial charge in [0.25, 0.3) is 5.91 Å². The van der Waals surface area contributed by atoms with Crippen molar-refractivity contribution in [1.82, 2.24) is 15.1 Å². The molecule has 0 radical (unpaired) electrons. The number of carbonyl (C=O) groups is 1. The first kappa shape index (κ1) is 19.6. The summed E-state index contributed by atoms with van der Waals surface area (Å²) in [6.45, 7) is 2.82. The molecule has 0 unspecified atom stereocenters. The molecule has 0 N–H and O–H groups in total. The number of halogens is 1. The first-order valence-electron chi connectivity index (χ1n) is 9.42. The first-order chi connectivity index (χ1) is 14.2. The van der Waals surface area contributed by atoms with Gasteiger partial charge >= 0.3 is 0 Å². The van der Waals surface area contributed by atoms with Crippen molar-refractivity contribution < 1.29 is 9.53 Å². The van der Waals surface area contributed by atoms with Crippen LogP contribution in [-0.2, 0) is 0 Å². The standard InChI is InChI=1S/C22H21IN4O2/c1-29-17-6-4-5-16(15-17)20-9-10-21(25-24-20)26-11-13-27(14-12-26)22(28)18-7-2-3-8-19(18)23/h2-10,15H,11-14H2,1H3. The molecule has 1 aliphatic heterocycles. The molecule has 1 aromatic heterocycles. The van der Waals surface area contributed by atoms with Crippen LogP contribution in [0.5, 0.6) is 5.75 Å². The topological polar surface area (TPSA) is 58.6 Å². The first-order valence-corrected chi connectivity index (χ1v) is 10.5. The van der Waals surface area contributed by atoms with Crippen LogP contribution in [0, 0.1) is 3.57 Å². The molecular weight excluding hydrogens is 479 g/mol. The van der Waals surface area contributed by atoms with E-state index in [1.165, 1.54) is 0 Å². The van der Waals surface area contributed by atoms with Crippen molar-refractivity contribution in [2.45, 2.75) is 0 Å². The van der Waals surface area contributed by atoms with Crippen molar-refractivity contribution in [3.8, 4) is 17.0 Å². The maximum Gasteiger partial charge on any atom is 0.255 e. The minimum absolute atomic E-state index is 0.0918. The number of anilines is 1. The summed E-state index contributed by atoms with van der Waals surface area (Å²) >= 11 is 2.21. The largest absolute Gasteiger partial charge is 0.497 e. The van der Waals surface area contributed by atoms with Crippen LogP contribution < -0.4 is 9.64 Å². The number of piperazine rings is 1. The number of rotatable bonds is 4. The summed E-state index contributed by atoms with van der Waals surface area (Å²) < 4.78 is 6.26. The Morgan fingerprint density at radius 3 is 2.45 bits per heavy atom. The van der Waals surface area contributed by atoms with E-state index >= 15 is 0 Å². The average molecular weight is 500 g/mol. The molecule has 29 heavy (non-hydrogen) atoms. The minimum Gasteiger partial charge on any atom is -0.497 e. The fraction of sp³-hybridized carbons (Fsp3) is 0.227. The quantitative estimate of drug-likeness (QED) is 0.512. The van der Waals surface area contributed by atoms with E-state index in [1.54, 1.807) is 7.11 Å². The zero-order valence-corrected chi connectivity index (χ0v) is 18.2. The Hall–Kier alpha value is -2.68. The molecule has 1 amide bonds. The summed E-state index contributed by atoms with van der Waals surface area (Å²) in [6.07, 6.45) is 0. The maximum atomic E-state index is 12.8. The Labute approximate surface area is 183 Å². The van der Waals surface area contributed by atoms with E-state index in [0.29, 0.717) is 13.1 Å². The fourth-order valence-electron chi connectivity index (χ4n) is 3.37. The Morgan fingerprint density at radius 2 is 1.76 bits per heavy atom. The van der Waals surface area contributed by atoms with Crippen LogP contribution in [0.25, 0.3) is 11.3 Å². The number of benzene rings is 2. The molecule has 4 rings (SSSR count). The van der Waals surface area contributed by atoms with E-state index in [4.69, 9.17) is 4.74 Å². The van der Waals surface area contributed by atoms with Crippen LogP contribution in [-0.4, -0.2) is 54.3 Å². The lowest BCUT2D eigenvalue weighted by Crippen LogP contribution is -2.49. The highest BCUT2D eigenvalue weighted by atomic mass is 127. The second-order valence-corrected chi connectivity index (χ2v) is 7.93. The lowest BCUT2D eigenvalue weighted by molar-refractivity contribution is 0.0745. The van der Waals surface area contributed by atoms with Crippen molar-refractivity contribution in [1.29, 1.82) is 0 Å². The lowest BCUT2D eigenvalue weighted by atomic mass is 10.1. The van der Waals surface area contributed by atoms with E-state index < -0.39 is 0 Å². The number of methoxy groups -OCH3 is 1. The average Bonchev–Trinajstić information content (AvgIpc) is 2.79. The zero-order chi connectivity index (χ0) is 20.2. The van der Waals surface area contributed by atoms with Crippen molar-refractivity contribution in [3.63, 3.8) is 0 Å². The van der Waals surface area contributed by atoms with Gasteiger partial charge in [0.15, 0.2) is 5.82 Å². The number of ether oxygens (including phenoxy) is 1. The van der Waals surface area contributed by atoms with Gasteiger partial charge in [-0.05, 0) is 59.0 Å². The minimum atomic E-state index is 0.0918. The van der Waals surface area contributed by atoms with Crippen LogP contribution in [0.3, 0.4) is 0 Å². The third kappa shape index (κ3) is 4.34. The van der Waals surface area contributed by atoms with Gasteiger partial charge in [0, 0.05) is 35.3 Å². The van der Waals surface area contributed by atoms with Gasteiger partial charge in [0.2, 0.25) is 0 Å². The predicted molar refractivity (Wildman–Crippen MR) is 121 cm³/mol. The number of nitrogens with zero attached hydrogens (tertiary/aromatic N) is 4. The number of carbonyl (C=O) groups excluding carboxylic acids is 1. The van der Waals surface area contributed by atoms with E-state index in [0.717, 1.165) is 45.0 Å². The highest BCUT2D eigenvalue weighted by molar-refractivity contribution is 14.1. The highest BCUT2D eigenvalue weighted by Crippen LogP contribution is 2.23. The summed E-state index contributed by atoms with van der Waals surface area (Å²) in [4.78, 5) is 16.9. The normalized spacial score (nSPS) is 14.0. The van der Waals surface area contributed by atoms with Gasteiger partial charge in [0.05, 0.1) is 18.4 Å². The zero-order valence-electron chi connectivity index (χ0n) is 16.1. The van der Waals surface area contributed by atoms with Gasteiger partial charge in [0.1, 0.15) is 5.75 Å². The van der Waals surface area contributed by atoms with E-state index in [1.807, 2.05) is 65.6 Å². The number of hydrogen-bond acceptors (Lipinski definition) is 5. The highest BCUT2D eigenvalue weighted by Gasteiger charge is 2.24. The second kappa shape index (κ2) is 8.77. The Morgan fingerprint density at radius 1 is 0.966 bits per heavy atom. The summed E-state index contributed by atoms with van der Waals surface area (Å²) in [5, 5.41) is 8.79. The van der Waals surface area contributed by atoms with Gasteiger partial charge in [-0.1, -0.05) is 24.3 Å². The molecule has 1 saturated heterocycles. The molecule has 0 saturated carbocycles. The van der Waals surface area contributed by atoms with Crippen molar-refractivity contribution in [2.75, 3.05) is 38.2 Å². The van der Waals surface area contributed by atoms with Crippen LogP contribution in [0.2, 0.25) is 0 Å². The molecule has 7 heteroatoms. The molecule has 0 bridgehead atoms. The third-order valence-corrected chi connectivity index (χ3v) is 5.95. The third-order valence-electron chi connectivity index (χ3n) is 5.01. The molecule has 1 aliphatic rings. The van der Waals surface area contributed by atoms with Crippen molar-refractivity contribution in [3.05, 3.63) is 69.8 Å². The van der Waals surface area contributed by atoms with E-state index in [9.17, 15) is 4.79 Å². The lowest BCUT2D eigenvalue weighted by Gasteiger charge is -2.35. The van der Waals surface area contributed by atoms with Gasteiger partial charge in [-0.15, -0.1) is 10.2 Å². The van der Waals surface area contributed by atoms with Gasteiger partial charge in [-0.2, -0.15) is 0 Å². The molecule has 6 nitrogen and oxygen atoms in total. The fourth-order valence-corrected chi connectivity index (χ4v) is 3.99. The van der Waals surface area contributed by atoms with E-state index in [2.05, 4.69) is 37.7 Å². The number of hydrogen-bond donors (Lipinski definition) is 0. The Bertz CT molecular complexity index is 1000. The van der Waals surface area contributed by atoms with Crippen LogP contribution >= 0.6 is 22.6 Å². The van der Waals surface area contributed by atoms with E-state index in [-0.39, 0.29) is 5.91 Å². The predicted octanol–water partition coefficient (Wildman–Crippen LogP) is 3.72. The smallest absolute Gasteiger partial charge is 0.255 e. The summed E-state index contributed by atoms with van der Waals surface area (Å²) in [5.74, 6) is 1.72. The Balaban J connectivity index is 1.41. The van der Waals surface area contributed by atoms with Crippen molar-refractivity contribution in [2.24, 2.45) is 0 Å². The molecule has 0 aliphatic carbocycles. The molecule has 148 valence electrons. The molecule has 1 fully saturated rings. The molecule has 0 spiro atoms. The molecule has 2 heterocycles. The monoisotopic (exact) mass is 500 g/mol. The molecule has 2 aromatic carbocycles. The van der Waals surface area contributed by atoms with Crippen LogP contribution in [0.1, 0.15) is 10.4 Å². The van der Waals surface area contributed by atoms with Gasteiger partial charge in [-0.25, -0.2) is 0 Å². The number of aromatic nitrogens is 2. The summed E-state index contributed by atoms with van der Waals surface area (Å²) in [5.41, 5.74) is 2.54. The SMILES string of the molecule is COc1cccc(-c2ccc(N3CCN(C(=O)c4ccccc4I)CC3)nn2)c1. The van der Waals surface area contributed by atoms with Gasteiger partial charge < -0.3 is 14.5 Å².